The summed E-state index contributed by atoms with van der Waals surface area (Å²) < 4.78 is 20.8. The lowest BCUT2D eigenvalue weighted by Crippen LogP contribution is -2.29. The van der Waals surface area contributed by atoms with Crippen LogP contribution in [0, 0.1) is 25.6 Å². The molecule has 0 unspecified atom stereocenters. The molecule has 0 saturated heterocycles. The van der Waals surface area contributed by atoms with Crippen molar-refractivity contribution in [1.82, 2.24) is 0 Å². The number of allylic oxidation sites excluding steroid dienone is 3. The zero-order valence-electron chi connectivity index (χ0n) is 20.2. The minimum Gasteiger partial charge on any atom is -0.493 e. The number of benzene rings is 2. The summed E-state index contributed by atoms with van der Waals surface area (Å²) in [5, 5.41) is 11.5. The number of carboxylic acid groups (broad SMARTS) is 1. The highest BCUT2D eigenvalue weighted by atomic mass is 35.5. The Morgan fingerprint density at radius 1 is 1.11 bits per heavy atom. The van der Waals surface area contributed by atoms with Gasteiger partial charge in [0.15, 0.2) is 5.82 Å². The first-order chi connectivity index (χ1) is 17.2. The van der Waals surface area contributed by atoms with Gasteiger partial charge in [0.25, 0.3) is 5.91 Å². The Labute approximate surface area is 219 Å². The monoisotopic (exact) mass is 531 g/mol. The van der Waals surface area contributed by atoms with Crippen LogP contribution in [-0.4, -0.2) is 23.6 Å². The Morgan fingerprint density at radius 2 is 1.81 bits per heavy atom. The highest BCUT2D eigenvalue weighted by Crippen LogP contribution is 2.47. The molecule has 0 atom stereocenters. The highest BCUT2D eigenvalue weighted by molar-refractivity contribution is 6.43. The van der Waals surface area contributed by atoms with E-state index in [1.54, 1.807) is 26.0 Å². The molecule has 0 radical (unpaired) electrons. The molecule has 2 aromatic carbocycles. The van der Waals surface area contributed by atoms with E-state index < -0.39 is 23.6 Å². The van der Waals surface area contributed by atoms with Crippen LogP contribution in [-0.2, 0) is 4.79 Å². The van der Waals surface area contributed by atoms with Gasteiger partial charge in [-0.15, -0.1) is 0 Å². The number of halogens is 3. The summed E-state index contributed by atoms with van der Waals surface area (Å²) in [5.41, 5.74) is 3.52. The molecule has 1 saturated carbocycles. The summed E-state index contributed by atoms with van der Waals surface area (Å²) in [4.78, 5) is 24.3. The maximum atomic E-state index is 14.9. The number of aliphatic carboxylic acids is 1. The fourth-order valence-corrected chi connectivity index (χ4v) is 5.28. The van der Waals surface area contributed by atoms with E-state index in [2.05, 4.69) is 23.5 Å². The number of nitrogens with one attached hydrogen (secondary N) is 1. The molecule has 1 amide bonds. The van der Waals surface area contributed by atoms with Crippen molar-refractivity contribution < 1.29 is 23.8 Å². The number of carboxylic acids is 1. The number of carbonyl (C=O) groups excluding carboxylic acids is 1. The molecule has 5 nitrogen and oxygen atoms in total. The van der Waals surface area contributed by atoms with Crippen molar-refractivity contribution in [3.8, 4) is 5.75 Å². The number of anilines is 1. The first-order valence-corrected chi connectivity index (χ1v) is 12.7. The van der Waals surface area contributed by atoms with Gasteiger partial charge in [-0.05, 0) is 85.9 Å². The molecular weight excluding hydrogens is 504 g/mol. The van der Waals surface area contributed by atoms with Gasteiger partial charge in [-0.25, -0.2) is 4.39 Å². The van der Waals surface area contributed by atoms with E-state index in [9.17, 15) is 14.0 Å². The van der Waals surface area contributed by atoms with E-state index >= 15 is 0 Å². The lowest BCUT2D eigenvalue weighted by Gasteiger charge is -2.33. The number of hydrogen-bond donors (Lipinski definition) is 2. The fourth-order valence-electron chi connectivity index (χ4n) is 4.77. The van der Waals surface area contributed by atoms with E-state index in [1.165, 1.54) is 11.6 Å². The van der Waals surface area contributed by atoms with Crippen molar-refractivity contribution in [2.24, 2.45) is 5.92 Å². The summed E-state index contributed by atoms with van der Waals surface area (Å²) in [6.45, 7) is 4.14. The Kier molecular flexibility index (Phi) is 8.06. The molecule has 190 valence electrons. The van der Waals surface area contributed by atoms with Crippen molar-refractivity contribution in [1.29, 1.82) is 0 Å². The van der Waals surface area contributed by atoms with Crippen LogP contribution in [0.5, 0.6) is 5.75 Å². The van der Waals surface area contributed by atoms with Crippen molar-refractivity contribution >= 4 is 40.8 Å². The molecule has 36 heavy (non-hydrogen) atoms. The second kappa shape index (κ2) is 11.1. The van der Waals surface area contributed by atoms with E-state index in [1.807, 2.05) is 0 Å². The Balaban J connectivity index is 1.48. The number of ether oxygens (including phenoxy) is 1. The zero-order valence-corrected chi connectivity index (χ0v) is 21.7. The molecule has 0 heterocycles. The standard InChI is InChI=1S/C28H28Cl2FNO4/c1-15-10-20(36-9-8-17-6-4-3-5-7-17)11-16(2)23(15)27(33)32-22-14-21(24(29)25(30)26(22)31)18-12-19(13-18)28(34)35/h4,6-7,10-11,14,18-19H,3,5,8-9,12-13H2,1-2H3,(H,32,33)(H,34,35)/t18-,19+. The van der Waals surface area contributed by atoms with Crippen LogP contribution in [0.1, 0.15) is 65.1 Å². The van der Waals surface area contributed by atoms with Crippen molar-refractivity contribution in [3.63, 3.8) is 0 Å². The number of amides is 1. The van der Waals surface area contributed by atoms with Crippen LogP contribution in [0.4, 0.5) is 10.1 Å². The van der Waals surface area contributed by atoms with Gasteiger partial charge in [0.05, 0.1) is 28.3 Å². The SMILES string of the molecule is Cc1cc(OCCC2=CCCC=C2)cc(C)c1C(=O)Nc1cc([C@H]2C[C@@H](C(=O)O)C2)c(Cl)c(Cl)c1F. The Bertz CT molecular complexity index is 1240. The number of rotatable bonds is 8. The summed E-state index contributed by atoms with van der Waals surface area (Å²) in [5.74, 6) is -2.13. The Morgan fingerprint density at radius 3 is 2.42 bits per heavy atom. The van der Waals surface area contributed by atoms with Crippen LogP contribution in [0.2, 0.25) is 10.0 Å². The topological polar surface area (TPSA) is 75.6 Å². The fraction of sp³-hybridized carbons (Fsp3) is 0.357. The summed E-state index contributed by atoms with van der Waals surface area (Å²) in [6.07, 6.45) is 10.2. The molecule has 2 N–H and O–H groups in total. The molecule has 2 aliphatic carbocycles. The summed E-state index contributed by atoms with van der Waals surface area (Å²) in [7, 11) is 0. The molecule has 8 heteroatoms. The van der Waals surface area contributed by atoms with E-state index in [0.29, 0.717) is 47.5 Å². The van der Waals surface area contributed by atoms with Crippen LogP contribution in [0.15, 0.2) is 42.0 Å². The van der Waals surface area contributed by atoms with Crippen molar-refractivity contribution in [3.05, 3.63) is 80.1 Å². The molecule has 1 fully saturated rings. The van der Waals surface area contributed by atoms with Gasteiger partial charge in [-0.2, -0.15) is 0 Å². The molecule has 0 bridgehead atoms. The number of carbonyl (C=O) groups is 2. The van der Waals surface area contributed by atoms with Crippen molar-refractivity contribution in [2.45, 2.75) is 51.9 Å². The smallest absolute Gasteiger partial charge is 0.306 e. The average molecular weight is 532 g/mol. The molecule has 4 rings (SSSR count). The predicted octanol–water partition coefficient (Wildman–Crippen LogP) is 7.63. The molecule has 0 aromatic heterocycles. The van der Waals surface area contributed by atoms with Gasteiger partial charge in [-0.3, -0.25) is 9.59 Å². The zero-order chi connectivity index (χ0) is 26.0. The predicted molar refractivity (Wildman–Crippen MR) is 140 cm³/mol. The molecule has 2 aromatic rings. The third kappa shape index (κ3) is 5.60. The molecule has 0 aliphatic heterocycles. The van der Waals surface area contributed by atoms with Gasteiger partial charge in [0.2, 0.25) is 0 Å². The normalized spacial score (nSPS) is 18.9. The van der Waals surface area contributed by atoms with E-state index in [0.717, 1.165) is 19.3 Å². The first kappa shape index (κ1) is 26.2. The van der Waals surface area contributed by atoms with Crippen LogP contribution >= 0.6 is 23.2 Å². The van der Waals surface area contributed by atoms with Gasteiger partial charge >= 0.3 is 5.97 Å². The summed E-state index contributed by atoms with van der Waals surface area (Å²) in [6, 6.07) is 5.05. The van der Waals surface area contributed by atoms with Gasteiger partial charge < -0.3 is 15.2 Å². The molecular formula is C28H28Cl2FNO4. The summed E-state index contributed by atoms with van der Waals surface area (Å²) >= 11 is 12.4. The van der Waals surface area contributed by atoms with E-state index in [-0.39, 0.29) is 21.7 Å². The number of hydrogen-bond acceptors (Lipinski definition) is 3. The minimum absolute atomic E-state index is 0.0503. The highest BCUT2D eigenvalue weighted by Gasteiger charge is 2.37. The second-order valence-corrected chi connectivity index (χ2v) is 10.2. The molecule has 0 spiro atoms. The van der Waals surface area contributed by atoms with Crippen LogP contribution < -0.4 is 10.1 Å². The van der Waals surface area contributed by atoms with Crippen LogP contribution in [0.25, 0.3) is 0 Å². The largest absolute Gasteiger partial charge is 0.493 e. The quantitative estimate of drug-likeness (QED) is 0.343. The maximum Gasteiger partial charge on any atom is 0.306 e. The Hall–Kier alpha value is -2.83. The third-order valence-corrected chi connectivity index (χ3v) is 7.67. The third-order valence-electron chi connectivity index (χ3n) is 6.82. The minimum atomic E-state index is -0.870. The van der Waals surface area contributed by atoms with Gasteiger partial charge in [0.1, 0.15) is 5.75 Å². The van der Waals surface area contributed by atoms with Crippen LogP contribution in [0.3, 0.4) is 0 Å². The first-order valence-electron chi connectivity index (χ1n) is 12.0. The molecule has 2 aliphatic rings. The number of aryl methyl sites for hydroxylation is 2. The van der Waals surface area contributed by atoms with E-state index in [4.69, 9.17) is 33.0 Å². The maximum absolute atomic E-state index is 14.9. The average Bonchev–Trinajstić information content (AvgIpc) is 2.79. The van der Waals surface area contributed by atoms with Gasteiger partial charge in [-0.1, -0.05) is 41.4 Å². The lowest BCUT2D eigenvalue weighted by molar-refractivity contribution is -0.145. The van der Waals surface area contributed by atoms with Crippen molar-refractivity contribution in [2.75, 3.05) is 11.9 Å². The van der Waals surface area contributed by atoms with Gasteiger partial charge in [0, 0.05) is 12.0 Å². The lowest BCUT2D eigenvalue weighted by atomic mass is 9.71. The second-order valence-electron chi connectivity index (χ2n) is 9.40.